The maximum Gasteiger partial charge on any atom is 0.241 e. The van der Waals surface area contributed by atoms with Crippen LogP contribution in [0.5, 0.6) is 0 Å². The normalized spacial score (nSPS) is 17.8. The Morgan fingerprint density at radius 3 is 2.45 bits per heavy atom. The average molecular weight is 384 g/mol. The van der Waals surface area contributed by atoms with Gasteiger partial charge in [-0.3, -0.25) is 0 Å². The van der Waals surface area contributed by atoms with Gasteiger partial charge in [-0.25, -0.2) is 13.1 Å². The minimum Gasteiger partial charge on any atom is -0.329 e. The second-order valence-electron chi connectivity index (χ2n) is 5.21. The zero-order valence-electron chi connectivity index (χ0n) is 11.4. The number of aryl methyl sites for hydroxylation is 1. The summed E-state index contributed by atoms with van der Waals surface area (Å²) in [5.74, 6) is 0. The third-order valence-corrected chi connectivity index (χ3v) is 6.19. The molecule has 4 nitrogen and oxygen atoms in total. The maximum absolute atomic E-state index is 12.4. The third kappa shape index (κ3) is 3.74. The van der Waals surface area contributed by atoms with E-state index in [1.54, 1.807) is 18.2 Å². The van der Waals surface area contributed by atoms with Gasteiger partial charge in [0, 0.05) is 16.6 Å². The molecule has 1 aromatic rings. The van der Waals surface area contributed by atoms with Crippen LogP contribution < -0.4 is 10.5 Å². The molecule has 0 heterocycles. The van der Waals surface area contributed by atoms with E-state index in [1.807, 2.05) is 6.92 Å². The molecule has 0 radical (unpaired) electrons. The average Bonchev–Trinajstić information content (AvgIpc) is 2.81. The summed E-state index contributed by atoms with van der Waals surface area (Å²) in [6, 6.07) is 5.06. The van der Waals surface area contributed by atoms with Crippen molar-refractivity contribution in [2.24, 2.45) is 5.73 Å². The van der Waals surface area contributed by atoms with E-state index < -0.39 is 15.6 Å². The van der Waals surface area contributed by atoms with Gasteiger partial charge >= 0.3 is 0 Å². The molecular weight excluding hydrogens is 364 g/mol. The van der Waals surface area contributed by atoms with Crippen LogP contribution in [0, 0.1) is 6.92 Å². The first kappa shape index (κ1) is 17.9. The van der Waals surface area contributed by atoms with Gasteiger partial charge in [0.25, 0.3) is 0 Å². The quantitative estimate of drug-likeness (QED) is 0.839. The third-order valence-electron chi connectivity index (χ3n) is 3.76. The molecule has 1 saturated carbocycles. The van der Waals surface area contributed by atoms with Gasteiger partial charge in [0.15, 0.2) is 0 Å². The zero-order valence-corrected chi connectivity index (χ0v) is 14.6. The Balaban J connectivity index is 0.00000200. The maximum atomic E-state index is 12.4. The van der Waals surface area contributed by atoms with Crippen LogP contribution in [0.3, 0.4) is 0 Å². The van der Waals surface area contributed by atoms with Crippen molar-refractivity contribution in [2.45, 2.75) is 43.0 Å². The van der Waals surface area contributed by atoms with Crippen LogP contribution in [0.4, 0.5) is 0 Å². The molecular formula is C13H20BrClN2O2S. The van der Waals surface area contributed by atoms with Crippen LogP contribution in [0.25, 0.3) is 0 Å². The van der Waals surface area contributed by atoms with E-state index in [0.29, 0.717) is 6.54 Å². The van der Waals surface area contributed by atoms with Gasteiger partial charge in [-0.15, -0.1) is 12.4 Å². The van der Waals surface area contributed by atoms with Gasteiger partial charge in [-0.1, -0.05) is 34.8 Å². The SMILES string of the molecule is Cc1ccc(S(=O)(=O)NC2(CN)CCCC2)cc1Br.Cl. The largest absolute Gasteiger partial charge is 0.329 e. The number of sulfonamides is 1. The van der Waals surface area contributed by atoms with E-state index in [2.05, 4.69) is 20.7 Å². The topological polar surface area (TPSA) is 72.2 Å². The van der Waals surface area contributed by atoms with Crippen molar-refractivity contribution in [1.82, 2.24) is 4.72 Å². The summed E-state index contributed by atoms with van der Waals surface area (Å²) in [5, 5.41) is 0. The molecule has 0 atom stereocenters. The van der Waals surface area contributed by atoms with Crippen molar-refractivity contribution in [3.05, 3.63) is 28.2 Å². The van der Waals surface area contributed by atoms with Gasteiger partial charge in [0.05, 0.1) is 4.90 Å². The summed E-state index contributed by atoms with van der Waals surface area (Å²) in [5.41, 5.74) is 6.32. The molecule has 20 heavy (non-hydrogen) atoms. The van der Waals surface area contributed by atoms with Crippen molar-refractivity contribution in [2.75, 3.05) is 6.54 Å². The Morgan fingerprint density at radius 1 is 1.35 bits per heavy atom. The van der Waals surface area contributed by atoms with E-state index in [-0.39, 0.29) is 17.3 Å². The second kappa shape index (κ2) is 6.75. The van der Waals surface area contributed by atoms with E-state index >= 15 is 0 Å². The monoisotopic (exact) mass is 382 g/mol. The van der Waals surface area contributed by atoms with E-state index in [4.69, 9.17) is 5.73 Å². The highest BCUT2D eigenvalue weighted by atomic mass is 79.9. The van der Waals surface area contributed by atoms with Crippen molar-refractivity contribution >= 4 is 38.4 Å². The van der Waals surface area contributed by atoms with Gasteiger partial charge in [-0.05, 0) is 37.5 Å². The molecule has 0 spiro atoms. The predicted octanol–water partition coefficient (Wildman–Crippen LogP) is 2.73. The van der Waals surface area contributed by atoms with Gasteiger partial charge in [-0.2, -0.15) is 0 Å². The molecule has 0 unspecified atom stereocenters. The highest BCUT2D eigenvalue weighted by Crippen LogP contribution is 2.31. The van der Waals surface area contributed by atoms with Crippen LogP contribution in [-0.2, 0) is 10.0 Å². The molecule has 0 aliphatic heterocycles. The lowest BCUT2D eigenvalue weighted by atomic mass is 10.0. The molecule has 7 heteroatoms. The van der Waals surface area contributed by atoms with E-state index in [9.17, 15) is 8.42 Å². The summed E-state index contributed by atoms with van der Waals surface area (Å²) >= 11 is 3.36. The number of nitrogens with two attached hydrogens (primary N) is 1. The molecule has 0 saturated heterocycles. The lowest BCUT2D eigenvalue weighted by Gasteiger charge is -2.28. The highest BCUT2D eigenvalue weighted by molar-refractivity contribution is 9.10. The second-order valence-corrected chi connectivity index (χ2v) is 7.74. The molecule has 1 fully saturated rings. The number of nitrogens with one attached hydrogen (secondary N) is 1. The smallest absolute Gasteiger partial charge is 0.241 e. The standard InChI is InChI=1S/C13H19BrN2O2S.ClH/c1-10-4-5-11(8-12(10)14)19(17,18)16-13(9-15)6-2-3-7-13;/h4-5,8,16H,2-3,6-7,9,15H2,1H3;1H. The number of hydrogen-bond donors (Lipinski definition) is 2. The van der Waals surface area contributed by atoms with Crippen molar-refractivity contribution < 1.29 is 8.42 Å². The molecule has 1 aromatic carbocycles. The molecule has 0 amide bonds. The van der Waals surface area contributed by atoms with Crippen molar-refractivity contribution in [3.63, 3.8) is 0 Å². The van der Waals surface area contributed by atoms with Crippen LogP contribution >= 0.6 is 28.3 Å². The van der Waals surface area contributed by atoms with E-state index in [1.165, 1.54) is 0 Å². The Morgan fingerprint density at radius 2 is 1.95 bits per heavy atom. The predicted molar refractivity (Wildman–Crippen MR) is 86.7 cm³/mol. The minimum absolute atomic E-state index is 0. The Kier molecular flexibility index (Phi) is 6.04. The molecule has 3 N–H and O–H groups in total. The molecule has 1 aliphatic rings. The first-order valence-corrected chi connectivity index (χ1v) is 8.66. The van der Waals surface area contributed by atoms with Gasteiger partial charge in [0.2, 0.25) is 10.0 Å². The first-order chi connectivity index (χ1) is 8.88. The van der Waals surface area contributed by atoms with Crippen LogP contribution in [0.2, 0.25) is 0 Å². The van der Waals surface area contributed by atoms with Gasteiger partial charge in [0.1, 0.15) is 0 Å². The fourth-order valence-electron chi connectivity index (χ4n) is 2.48. The summed E-state index contributed by atoms with van der Waals surface area (Å²) in [7, 11) is -3.51. The highest BCUT2D eigenvalue weighted by Gasteiger charge is 2.36. The number of halogens is 2. The molecule has 0 aromatic heterocycles. The zero-order chi connectivity index (χ0) is 14.1. The summed E-state index contributed by atoms with van der Waals surface area (Å²) in [6.45, 7) is 2.27. The Hall–Kier alpha value is -0.140. The van der Waals surface area contributed by atoms with Crippen LogP contribution in [0.15, 0.2) is 27.6 Å². The summed E-state index contributed by atoms with van der Waals surface area (Å²) < 4.78 is 28.5. The lowest BCUT2D eigenvalue weighted by molar-refractivity contribution is 0.399. The van der Waals surface area contributed by atoms with Crippen LogP contribution in [-0.4, -0.2) is 20.5 Å². The number of rotatable bonds is 4. The first-order valence-electron chi connectivity index (χ1n) is 6.39. The molecule has 2 rings (SSSR count). The summed E-state index contributed by atoms with van der Waals surface area (Å²) in [6.07, 6.45) is 3.68. The summed E-state index contributed by atoms with van der Waals surface area (Å²) in [4.78, 5) is 0.282. The lowest BCUT2D eigenvalue weighted by Crippen LogP contribution is -2.51. The molecule has 0 bridgehead atoms. The minimum atomic E-state index is -3.51. The number of benzene rings is 1. The van der Waals surface area contributed by atoms with E-state index in [0.717, 1.165) is 35.7 Å². The van der Waals surface area contributed by atoms with Gasteiger partial charge < -0.3 is 5.73 Å². The Labute approximate surface area is 135 Å². The molecule has 114 valence electrons. The fourth-order valence-corrected chi connectivity index (χ4v) is 4.51. The van der Waals surface area contributed by atoms with Crippen LogP contribution in [0.1, 0.15) is 31.2 Å². The van der Waals surface area contributed by atoms with Crippen molar-refractivity contribution in [1.29, 1.82) is 0 Å². The van der Waals surface area contributed by atoms with Crippen molar-refractivity contribution in [3.8, 4) is 0 Å². The number of hydrogen-bond acceptors (Lipinski definition) is 3. The molecule has 1 aliphatic carbocycles. The fraction of sp³-hybridized carbons (Fsp3) is 0.538. The Bertz CT molecular complexity index is 572.